The smallest absolute Gasteiger partial charge is 0.240 e. The number of rotatable bonds is 5. The minimum Gasteiger partial charge on any atom is -0.480 e. The number of hydrazine groups is 1. The van der Waals surface area contributed by atoms with E-state index in [1.165, 1.54) is 7.11 Å². The van der Waals surface area contributed by atoms with E-state index in [9.17, 15) is 0 Å². The largest absolute Gasteiger partial charge is 0.480 e. The number of methoxy groups -OCH3 is 2. The summed E-state index contributed by atoms with van der Waals surface area (Å²) in [6.07, 6.45) is 1.55. The quantitative estimate of drug-likeness (QED) is 0.643. The third-order valence-electron chi connectivity index (χ3n) is 3.33. The van der Waals surface area contributed by atoms with Crippen LogP contribution in [-0.4, -0.2) is 24.2 Å². The average Bonchev–Trinajstić information content (AvgIpc) is 2.51. The first-order chi connectivity index (χ1) is 10.1. The van der Waals surface area contributed by atoms with Gasteiger partial charge < -0.3 is 9.47 Å². The molecule has 0 aliphatic heterocycles. The molecule has 2 rings (SSSR count). The molecule has 1 aromatic carbocycles. The second-order valence-electron chi connectivity index (χ2n) is 4.77. The molecule has 0 aliphatic rings. The summed E-state index contributed by atoms with van der Waals surface area (Å²) in [6.45, 7) is 4.07. The summed E-state index contributed by atoms with van der Waals surface area (Å²) in [7, 11) is 3.08. The molecule has 1 aromatic heterocycles. The fourth-order valence-corrected chi connectivity index (χ4v) is 2.20. The van der Waals surface area contributed by atoms with Crippen LogP contribution in [0.5, 0.6) is 11.8 Å². The Morgan fingerprint density at radius 1 is 1.19 bits per heavy atom. The predicted molar refractivity (Wildman–Crippen MR) is 80.2 cm³/mol. The summed E-state index contributed by atoms with van der Waals surface area (Å²) in [5, 5.41) is 0. The molecule has 0 saturated heterocycles. The molecule has 0 amide bonds. The van der Waals surface area contributed by atoms with Crippen molar-refractivity contribution in [2.75, 3.05) is 14.2 Å². The number of hydrogen-bond acceptors (Lipinski definition) is 6. The van der Waals surface area contributed by atoms with Gasteiger partial charge in [0.25, 0.3) is 0 Å². The number of nitrogens with two attached hydrogens (primary N) is 1. The van der Waals surface area contributed by atoms with Gasteiger partial charge in [-0.05, 0) is 25.0 Å². The average molecular weight is 288 g/mol. The molecular weight excluding hydrogens is 268 g/mol. The van der Waals surface area contributed by atoms with Crippen molar-refractivity contribution in [3.63, 3.8) is 0 Å². The summed E-state index contributed by atoms with van der Waals surface area (Å²) >= 11 is 0. The second kappa shape index (κ2) is 6.51. The second-order valence-corrected chi connectivity index (χ2v) is 4.77. The highest BCUT2D eigenvalue weighted by Crippen LogP contribution is 2.29. The number of nitrogens with one attached hydrogen (secondary N) is 1. The molecule has 0 spiro atoms. The molecule has 2 aromatic rings. The minimum absolute atomic E-state index is 0.307. The lowest BCUT2D eigenvalue weighted by Crippen LogP contribution is -2.30. The molecule has 0 radical (unpaired) electrons. The summed E-state index contributed by atoms with van der Waals surface area (Å²) in [5.41, 5.74) is 6.71. The molecule has 0 fully saturated rings. The van der Waals surface area contributed by atoms with Gasteiger partial charge in [-0.3, -0.25) is 5.84 Å². The van der Waals surface area contributed by atoms with Crippen molar-refractivity contribution < 1.29 is 9.47 Å². The number of ether oxygens (including phenoxy) is 2. The molecule has 1 atom stereocenters. The highest BCUT2D eigenvalue weighted by Gasteiger charge is 2.22. The van der Waals surface area contributed by atoms with Crippen LogP contribution in [0.4, 0.5) is 0 Å². The topological polar surface area (TPSA) is 82.3 Å². The van der Waals surface area contributed by atoms with Crippen LogP contribution in [0.3, 0.4) is 0 Å². The molecule has 0 bridgehead atoms. The zero-order valence-electron chi connectivity index (χ0n) is 12.7. The van der Waals surface area contributed by atoms with Crippen LogP contribution in [0.25, 0.3) is 0 Å². The van der Waals surface area contributed by atoms with Gasteiger partial charge in [-0.2, -0.15) is 4.98 Å². The van der Waals surface area contributed by atoms with Crippen LogP contribution in [0.15, 0.2) is 24.4 Å². The number of nitrogens with zero attached hydrogens (tertiary/aromatic N) is 2. The van der Waals surface area contributed by atoms with E-state index in [1.54, 1.807) is 13.3 Å². The van der Waals surface area contributed by atoms with E-state index >= 15 is 0 Å². The zero-order valence-corrected chi connectivity index (χ0v) is 12.7. The van der Waals surface area contributed by atoms with Crippen LogP contribution in [0, 0.1) is 13.8 Å². The van der Waals surface area contributed by atoms with Gasteiger partial charge in [0.1, 0.15) is 5.69 Å². The monoisotopic (exact) mass is 288 g/mol. The summed E-state index contributed by atoms with van der Waals surface area (Å²) in [5.74, 6) is 6.53. The first-order valence-corrected chi connectivity index (χ1v) is 6.59. The van der Waals surface area contributed by atoms with E-state index in [4.69, 9.17) is 15.3 Å². The van der Waals surface area contributed by atoms with Gasteiger partial charge in [0.2, 0.25) is 11.8 Å². The molecule has 6 heteroatoms. The van der Waals surface area contributed by atoms with Crippen LogP contribution in [-0.2, 0) is 0 Å². The van der Waals surface area contributed by atoms with Gasteiger partial charge in [0.15, 0.2) is 0 Å². The minimum atomic E-state index is -0.307. The van der Waals surface area contributed by atoms with Crippen LogP contribution >= 0.6 is 0 Å². The van der Waals surface area contributed by atoms with Crippen molar-refractivity contribution in [1.29, 1.82) is 0 Å². The molecular formula is C15H20N4O2. The van der Waals surface area contributed by atoms with Gasteiger partial charge >= 0.3 is 0 Å². The maximum Gasteiger partial charge on any atom is 0.240 e. The molecule has 112 valence electrons. The molecule has 1 heterocycles. The Kier molecular flexibility index (Phi) is 4.72. The van der Waals surface area contributed by atoms with E-state index in [-0.39, 0.29) is 6.04 Å². The van der Waals surface area contributed by atoms with Gasteiger partial charge in [0, 0.05) is 0 Å². The summed E-state index contributed by atoms with van der Waals surface area (Å²) < 4.78 is 10.4. The SMILES string of the molecule is COc1cnc(C(NN)c2cc(C)ccc2C)c(OC)n1. The number of aryl methyl sites for hydroxylation is 2. The Hall–Kier alpha value is -2.18. The fourth-order valence-electron chi connectivity index (χ4n) is 2.20. The van der Waals surface area contributed by atoms with Crippen LogP contribution < -0.4 is 20.7 Å². The normalized spacial score (nSPS) is 12.0. The Labute approximate surface area is 124 Å². The zero-order chi connectivity index (χ0) is 15.4. The van der Waals surface area contributed by atoms with E-state index in [1.807, 2.05) is 13.8 Å². The molecule has 3 N–H and O–H groups in total. The molecule has 0 aliphatic carbocycles. The van der Waals surface area contributed by atoms with Crippen molar-refractivity contribution in [2.45, 2.75) is 19.9 Å². The number of aromatic nitrogens is 2. The van der Waals surface area contributed by atoms with E-state index in [2.05, 4.69) is 33.6 Å². The molecule has 0 saturated carbocycles. The predicted octanol–water partition coefficient (Wildman–Crippen LogP) is 1.66. The van der Waals surface area contributed by atoms with Crippen LogP contribution in [0.2, 0.25) is 0 Å². The third-order valence-corrected chi connectivity index (χ3v) is 3.33. The van der Waals surface area contributed by atoms with Crippen molar-refractivity contribution in [3.05, 3.63) is 46.8 Å². The van der Waals surface area contributed by atoms with E-state index in [0.717, 1.165) is 16.7 Å². The Morgan fingerprint density at radius 2 is 1.95 bits per heavy atom. The number of benzene rings is 1. The third kappa shape index (κ3) is 3.12. The van der Waals surface area contributed by atoms with E-state index in [0.29, 0.717) is 17.5 Å². The van der Waals surface area contributed by atoms with Gasteiger partial charge in [-0.25, -0.2) is 10.4 Å². The molecule has 21 heavy (non-hydrogen) atoms. The van der Waals surface area contributed by atoms with E-state index < -0.39 is 0 Å². The number of hydrogen-bond donors (Lipinski definition) is 2. The summed E-state index contributed by atoms with van der Waals surface area (Å²) in [4.78, 5) is 8.64. The van der Waals surface area contributed by atoms with Crippen molar-refractivity contribution in [3.8, 4) is 11.8 Å². The maximum atomic E-state index is 5.75. The van der Waals surface area contributed by atoms with Crippen LogP contribution in [0.1, 0.15) is 28.4 Å². The molecule has 6 nitrogen and oxygen atoms in total. The Bertz CT molecular complexity index is 631. The highest BCUT2D eigenvalue weighted by molar-refractivity contribution is 5.40. The van der Waals surface area contributed by atoms with Gasteiger partial charge in [-0.15, -0.1) is 0 Å². The van der Waals surface area contributed by atoms with Crippen molar-refractivity contribution >= 4 is 0 Å². The molecule has 1 unspecified atom stereocenters. The Balaban J connectivity index is 2.53. The lowest BCUT2D eigenvalue weighted by atomic mass is 9.97. The first kappa shape index (κ1) is 15.2. The summed E-state index contributed by atoms with van der Waals surface area (Å²) in [6, 6.07) is 5.88. The van der Waals surface area contributed by atoms with Crippen molar-refractivity contribution in [1.82, 2.24) is 15.4 Å². The lowest BCUT2D eigenvalue weighted by molar-refractivity contribution is 0.352. The highest BCUT2D eigenvalue weighted by atomic mass is 16.5. The Morgan fingerprint density at radius 3 is 2.57 bits per heavy atom. The first-order valence-electron chi connectivity index (χ1n) is 6.59. The fraction of sp³-hybridized carbons (Fsp3) is 0.333. The van der Waals surface area contributed by atoms with Gasteiger partial charge in [-0.1, -0.05) is 23.8 Å². The maximum absolute atomic E-state index is 5.75. The standard InChI is InChI=1S/C15H20N4O2/c1-9-5-6-10(2)11(7-9)13(19-16)14-15(21-4)18-12(20-3)8-17-14/h5-8,13,19H,16H2,1-4H3. The lowest BCUT2D eigenvalue weighted by Gasteiger charge is -2.20. The van der Waals surface area contributed by atoms with Crippen molar-refractivity contribution in [2.24, 2.45) is 5.84 Å². The van der Waals surface area contributed by atoms with Gasteiger partial charge in [0.05, 0.1) is 26.5 Å².